The quantitative estimate of drug-likeness (QED) is 0.809. The van der Waals surface area contributed by atoms with Gasteiger partial charge in [-0.15, -0.1) is 0 Å². The minimum absolute atomic E-state index is 0.0429. The molecule has 1 aliphatic heterocycles. The second kappa shape index (κ2) is 5.40. The summed E-state index contributed by atoms with van der Waals surface area (Å²) in [6.07, 6.45) is 10.0. The highest BCUT2D eigenvalue weighted by atomic mass is 16.3. The Kier molecular flexibility index (Phi) is 3.55. The summed E-state index contributed by atoms with van der Waals surface area (Å²) >= 11 is 0. The molecule has 1 heterocycles. The Hall–Kier alpha value is -0.860. The molecule has 0 aromatic heterocycles. The molecule has 2 nitrogen and oxygen atoms in total. The minimum atomic E-state index is -0.0429. The maximum atomic E-state index is 10.3. The van der Waals surface area contributed by atoms with E-state index in [1.807, 2.05) is 0 Å². The Labute approximate surface area is 128 Å². The van der Waals surface area contributed by atoms with Crippen molar-refractivity contribution < 1.29 is 10.0 Å². The lowest BCUT2D eigenvalue weighted by atomic mass is 9.73. The number of likely N-dealkylation sites (tertiary alicyclic amines) is 1. The van der Waals surface area contributed by atoms with Crippen LogP contribution >= 0.6 is 0 Å². The third-order valence-electron chi connectivity index (χ3n) is 6.56. The Morgan fingerprint density at radius 3 is 2.57 bits per heavy atom. The average molecular weight is 286 g/mol. The Morgan fingerprint density at radius 2 is 1.76 bits per heavy atom. The highest BCUT2D eigenvalue weighted by Gasteiger charge is 2.44. The van der Waals surface area contributed by atoms with Crippen LogP contribution in [0.15, 0.2) is 24.3 Å². The monoisotopic (exact) mass is 286 g/mol. The first-order valence-corrected chi connectivity index (χ1v) is 8.90. The maximum Gasteiger partial charge on any atom is 0.114 e. The van der Waals surface area contributed by atoms with Crippen molar-refractivity contribution in [1.29, 1.82) is 0 Å². The van der Waals surface area contributed by atoms with Crippen molar-refractivity contribution in [3.8, 4) is 0 Å². The molecular weight excluding hydrogens is 258 g/mol. The first-order valence-electron chi connectivity index (χ1n) is 8.90. The van der Waals surface area contributed by atoms with Gasteiger partial charge in [-0.05, 0) is 36.8 Å². The van der Waals surface area contributed by atoms with Crippen molar-refractivity contribution in [3.05, 3.63) is 35.4 Å². The van der Waals surface area contributed by atoms with Crippen LogP contribution in [-0.4, -0.2) is 30.3 Å². The number of hydrogen-bond acceptors (Lipinski definition) is 1. The predicted octanol–water partition coefficient (Wildman–Crippen LogP) is 1.85. The molecule has 1 saturated heterocycles. The van der Waals surface area contributed by atoms with E-state index in [4.69, 9.17) is 0 Å². The highest BCUT2D eigenvalue weighted by molar-refractivity contribution is 5.39. The second-order valence-electron chi connectivity index (χ2n) is 7.55. The Bertz CT molecular complexity index is 504. The van der Waals surface area contributed by atoms with Gasteiger partial charge in [0.25, 0.3) is 0 Å². The number of aliphatic hydroxyl groups excluding tert-OH is 1. The van der Waals surface area contributed by atoms with Gasteiger partial charge in [-0.3, -0.25) is 0 Å². The largest absolute Gasteiger partial charge is 0.387 e. The fourth-order valence-corrected chi connectivity index (χ4v) is 5.29. The average Bonchev–Trinajstić information content (AvgIpc) is 2.88. The summed E-state index contributed by atoms with van der Waals surface area (Å²) in [6.45, 7) is 2.52. The van der Waals surface area contributed by atoms with E-state index in [1.54, 1.807) is 16.0 Å². The molecule has 1 aromatic rings. The summed E-state index contributed by atoms with van der Waals surface area (Å²) in [6, 6.07) is 9.64. The summed E-state index contributed by atoms with van der Waals surface area (Å²) < 4.78 is 0. The van der Waals surface area contributed by atoms with Crippen LogP contribution in [0.5, 0.6) is 0 Å². The molecule has 2 fully saturated rings. The van der Waals surface area contributed by atoms with Crippen molar-refractivity contribution in [2.45, 2.75) is 68.9 Å². The molecule has 0 unspecified atom stereocenters. The molecule has 2 atom stereocenters. The number of benzene rings is 1. The van der Waals surface area contributed by atoms with E-state index in [1.165, 1.54) is 58.0 Å². The Morgan fingerprint density at radius 1 is 1.00 bits per heavy atom. The van der Waals surface area contributed by atoms with Crippen LogP contribution in [0.3, 0.4) is 0 Å². The molecule has 0 radical (unpaired) electrons. The van der Waals surface area contributed by atoms with Crippen LogP contribution in [0, 0.1) is 0 Å². The van der Waals surface area contributed by atoms with Crippen LogP contribution in [-0.2, 0) is 11.8 Å². The zero-order valence-electron chi connectivity index (χ0n) is 13.0. The summed E-state index contributed by atoms with van der Waals surface area (Å²) in [5.74, 6) is 0. The lowest BCUT2D eigenvalue weighted by Gasteiger charge is -2.43. The maximum absolute atomic E-state index is 10.3. The zero-order valence-corrected chi connectivity index (χ0v) is 13.0. The number of piperidine rings is 1. The third kappa shape index (κ3) is 2.33. The van der Waals surface area contributed by atoms with E-state index >= 15 is 0 Å². The number of rotatable bonds is 1. The van der Waals surface area contributed by atoms with Crippen LogP contribution in [0.1, 0.15) is 56.1 Å². The topological polar surface area (TPSA) is 24.7 Å². The van der Waals surface area contributed by atoms with Crippen molar-refractivity contribution in [2.75, 3.05) is 13.1 Å². The van der Waals surface area contributed by atoms with Crippen LogP contribution in [0.4, 0.5) is 0 Å². The lowest BCUT2D eigenvalue weighted by molar-refractivity contribution is -0.936. The summed E-state index contributed by atoms with van der Waals surface area (Å²) in [7, 11) is 0. The van der Waals surface area contributed by atoms with E-state index in [0.717, 1.165) is 6.42 Å². The van der Waals surface area contributed by atoms with E-state index in [0.29, 0.717) is 11.5 Å². The van der Waals surface area contributed by atoms with Gasteiger partial charge in [-0.1, -0.05) is 30.7 Å². The first-order chi connectivity index (χ1) is 10.3. The van der Waals surface area contributed by atoms with E-state index in [9.17, 15) is 5.11 Å². The van der Waals surface area contributed by atoms with Gasteiger partial charge in [0.15, 0.2) is 0 Å². The Balaban J connectivity index is 1.48. The predicted molar refractivity (Wildman–Crippen MR) is 84.6 cm³/mol. The second-order valence-corrected chi connectivity index (χ2v) is 7.55. The molecule has 114 valence electrons. The third-order valence-corrected chi connectivity index (χ3v) is 6.56. The van der Waals surface area contributed by atoms with E-state index < -0.39 is 0 Å². The number of aryl methyl sites for hydroxylation is 1. The SMILES string of the molecule is O[C@@H]1CCCC[C@H]1[NH+]1CCC2(CCc3ccccc32)CC1. The number of nitrogens with one attached hydrogen (secondary N) is 1. The van der Waals surface area contributed by atoms with Gasteiger partial charge in [0.1, 0.15) is 12.1 Å². The van der Waals surface area contributed by atoms with E-state index in [2.05, 4.69) is 24.3 Å². The van der Waals surface area contributed by atoms with Gasteiger partial charge in [-0.2, -0.15) is 0 Å². The molecule has 0 amide bonds. The van der Waals surface area contributed by atoms with Crippen molar-refractivity contribution in [1.82, 2.24) is 0 Å². The van der Waals surface area contributed by atoms with Gasteiger partial charge in [0.2, 0.25) is 0 Å². The molecule has 2 heteroatoms. The van der Waals surface area contributed by atoms with Crippen LogP contribution < -0.4 is 4.90 Å². The van der Waals surface area contributed by atoms with Crippen molar-refractivity contribution >= 4 is 0 Å². The smallest absolute Gasteiger partial charge is 0.114 e. The van der Waals surface area contributed by atoms with Crippen molar-refractivity contribution in [3.63, 3.8) is 0 Å². The normalized spacial score (nSPS) is 39.4. The number of aliphatic hydroxyl groups is 1. The summed E-state index contributed by atoms with van der Waals surface area (Å²) in [5, 5.41) is 10.3. The van der Waals surface area contributed by atoms with Gasteiger partial charge in [0, 0.05) is 24.7 Å². The summed E-state index contributed by atoms with van der Waals surface area (Å²) in [5.41, 5.74) is 3.71. The molecule has 3 aliphatic rings. The molecule has 4 rings (SSSR count). The molecule has 1 aromatic carbocycles. The summed E-state index contributed by atoms with van der Waals surface area (Å²) in [4.78, 5) is 1.69. The fraction of sp³-hybridized carbons (Fsp3) is 0.684. The first kappa shape index (κ1) is 13.8. The number of hydrogen-bond donors (Lipinski definition) is 2. The molecule has 2 aliphatic carbocycles. The zero-order chi connectivity index (χ0) is 14.3. The molecule has 1 spiro atoms. The fourth-order valence-electron chi connectivity index (χ4n) is 5.29. The molecule has 0 bridgehead atoms. The molecule has 2 N–H and O–H groups in total. The van der Waals surface area contributed by atoms with Gasteiger partial charge >= 0.3 is 0 Å². The van der Waals surface area contributed by atoms with Crippen LogP contribution in [0.2, 0.25) is 0 Å². The standard InChI is InChI=1S/C19H27NO/c21-18-8-4-3-7-17(18)20-13-11-19(12-14-20)10-9-15-5-1-2-6-16(15)19/h1-2,5-6,17-18,21H,3-4,7-14H2/p+1/t17-,18-/m1/s1. The van der Waals surface area contributed by atoms with Gasteiger partial charge in [-0.25, -0.2) is 0 Å². The molecule has 21 heavy (non-hydrogen) atoms. The number of fused-ring (bicyclic) bond motifs is 2. The van der Waals surface area contributed by atoms with Crippen LogP contribution in [0.25, 0.3) is 0 Å². The lowest BCUT2D eigenvalue weighted by Crippen LogP contribution is -3.18. The van der Waals surface area contributed by atoms with Crippen molar-refractivity contribution in [2.24, 2.45) is 0 Å². The minimum Gasteiger partial charge on any atom is -0.387 e. The number of quaternary nitrogens is 1. The molecule has 1 saturated carbocycles. The highest BCUT2D eigenvalue weighted by Crippen LogP contribution is 2.44. The van der Waals surface area contributed by atoms with E-state index in [-0.39, 0.29) is 6.10 Å². The van der Waals surface area contributed by atoms with Gasteiger partial charge < -0.3 is 10.0 Å². The van der Waals surface area contributed by atoms with Gasteiger partial charge in [0.05, 0.1) is 13.1 Å². The molecular formula is C19H28NO+.